The van der Waals surface area contributed by atoms with Crippen molar-refractivity contribution in [2.75, 3.05) is 26.0 Å². The smallest absolute Gasteiger partial charge is 0.470 e. The standard InChI is InChI=1S/C28H40F3NO12P2S/c1-5-23(34)43-28(24(35)47-14-29)16(2)10-18-19-13-21(30)20-11-17(33)12-22(26(20,4)27(19,31)7-6-25(18,28)3)40-15-42-46(38,39)44-45(36,37)41-9-8-32/h11-12,16,18-19,21H,5-10,13-15,32H2,1-4H3,(H,36,37)(H,38,39). The van der Waals surface area contributed by atoms with Crippen LogP contribution in [-0.2, 0) is 46.3 Å². The van der Waals surface area contributed by atoms with Crippen LogP contribution in [0.25, 0.3) is 0 Å². The first-order valence-corrected chi connectivity index (χ1v) is 19.0. The normalized spacial score (nSPS) is 38.9. The van der Waals surface area contributed by atoms with E-state index in [9.17, 15) is 37.7 Å². The highest BCUT2D eigenvalue weighted by atomic mass is 32.2. The molecule has 0 aromatic rings. The van der Waals surface area contributed by atoms with Gasteiger partial charge >= 0.3 is 21.6 Å². The summed E-state index contributed by atoms with van der Waals surface area (Å²) in [6.45, 7) is 4.35. The summed E-state index contributed by atoms with van der Waals surface area (Å²) in [5, 5.41) is -0.703. The van der Waals surface area contributed by atoms with Crippen LogP contribution in [0.3, 0.4) is 0 Å². The Morgan fingerprint density at radius 3 is 2.38 bits per heavy atom. The molecule has 47 heavy (non-hydrogen) atoms. The SMILES string of the molecule is CCC(=O)OC1(C(=O)SCF)C(C)CC2C3CC(F)C4=CC(=O)C=C(OCOP(=O)(O)OP(=O)(O)OCCN)C4(C)C3(F)CCC21C. The van der Waals surface area contributed by atoms with Crippen molar-refractivity contribution in [3.63, 3.8) is 0 Å². The van der Waals surface area contributed by atoms with Crippen molar-refractivity contribution in [2.45, 2.75) is 77.2 Å². The van der Waals surface area contributed by atoms with Gasteiger partial charge < -0.3 is 25.0 Å². The number of ether oxygens (including phenoxy) is 2. The summed E-state index contributed by atoms with van der Waals surface area (Å²) >= 11 is 0.363. The van der Waals surface area contributed by atoms with Crippen LogP contribution in [0.15, 0.2) is 23.5 Å². The topological polar surface area (TPSA) is 198 Å². The Labute approximate surface area is 274 Å². The Balaban J connectivity index is 1.68. The number of phosphoric acid groups is 2. The summed E-state index contributed by atoms with van der Waals surface area (Å²) in [5.74, 6) is -4.39. The number of rotatable bonds is 13. The number of alkyl halides is 3. The molecule has 0 heterocycles. The van der Waals surface area contributed by atoms with Crippen LogP contribution in [0.5, 0.6) is 0 Å². The fourth-order valence-electron chi connectivity index (χ4n) is 8.29. The van der Waals surface area contributed by atoms with Gasteiger partial charge in [-0.1, -0.05) is 20.8 Å². The molecule has 4 rings (SSSR count). The average molecular weight is 734 g/mol. The number of hydrogen-bond acceptors (Lipinski definition) is 12. The zero-order valence-corrected chi connectivity index (χ0v) is 28.9. The minimum atomic E-state index is -5.33. The Kier molecular flexibility index (Phi) is 11.1. The molecule has 0 spiro atoms. The molecule has 0 saturated heterocycles. The highest BCUT2D eigenvalue weighted by Crippen LogP contribution is 2.73. The van der Waals surface area contributed by atoms with Gasteiger partial charge in [-0.15, -0.1) is 0 Å². The highest BCUT2D eigenvalue weighted by molar-refractivity contribution is 8.13. The zero-order chi connectivity index (χ0) is 35.2. The largest absolute Gasteiger partial charge is 0.484 e. The number of carbonyl (C=O) groups excluding carboxylic acids is 3. The van der Waals surface area contributed by atoms with Crippen LogP contribution in [0.4, 0.5) is 13.2 Å². The van der Waals surface area contributed by atoms with E-state index in [0.29, 0.717) is 11.8 Å². The van der Waals surface area contributed by atoms with E-state index in [1.165, 1.54) is 6.92 Å². The van der Waals surface area contributed by atoms with Gasteiger partial charge in [0.1, 0.15) is 23.6 Å². The zero-order valence-electron chi connectivity index (χ0n) is 26.3. The molecule has 3 saturated carbocycles. The lowest BCUT2D eigenvalue weighted by atomic mass is 9.45. The number of nitrogens with two attached hydrogens (primary N) is 1. The van der Waals surface area contributed by atoms with Gasteiger partial charge in [0.05, 0.1) is 12.0 Å². The van der Waals surface area contributed by atoms with Crippen LogP contribution < -0.4 is 5.73 Å². The van der Waals surface area contributed by atoms with Gasteiger partial charge in [-0.05, 0) is 61.9 Å². The second kappa shape index (κ2) is 13.6. The van der Waals surface area contributed by atoms with E-state index in [-0.39, 0.29) is 44.2 Å². The second-order valence-electron chi connectivity index (χ2n) is 12.6. The van der Waals surface area contributed by atoms with Gasteiger partial charge in [-0.25, -0.2) is 26.8 Å². The number of ketones is 1. The monoisotopic (exact) mass is 733 g/mol. The molecule has 4 aliphatic rings. The summed E-state index contributed by atoms with van der Waals surface area (Å²) in [7, 11) is -10.4. The molecule has 4 N–H and O–H groups in total. The molecule has 0 aliphatic heterocycles. The van der Waals surface area contributed by atoms with Crippen LogP contribution in [-0.4, -0.2) is 70.0 Å². The summed E-state index contributed by atoms with van der Waals surface area (Å²) in [5.41, 5.74) is -2.35. The molecule has 10 atom stereocenters. The maximum absolute atomic E-state index is 18.0. The quantitative estimate of drug-likeness (QED) is 0.130. The van der Waals surface area contributed by atoms with Gasteiger partial charge in [0, 0.05) is 36.3 Å². The van der Waals surface area contributed by atoms with Gasteiger partial charge in [0.15, 0.2) is 18.2 Å². The van der Waals surface area contributed by atoms with Crippen LogP contribution in [0.1, 0.15) is 59.8 Å². The first kappa shape index (κ1) is 38.3. The molecule has 13 nitrogen and oxygen atoms in total. The molecule has 19 heteroatoms. The maximum Gasteiger partial charge on any atom is 0.484 e. The van der Waals surface area contributed by atoms with E-state index in [4.69, 9.17) is 15.2 Å². The minimum absolute atomic E-state index is 0.0452. The Morgan fingerprint density at radius 1 is 1.11 bits per heavy atom. The number of hydrogen-bond donors (Lipinski definition) is 3. The molecular formula is C28H40F3NO12P2S. The van der Waals surface area contributed by atoms with Gasteiger partial charge in [-0.3, -0.25) is 18.9 Å². The van der Waals surface area contributed by atoms with Crippen LogP contribution in [0, 0.1) is 28.6 Å². The molecule has 4 aliphatic carbocycles. The summed E-state index contributed by atoms with van der Waals surface area (Å²) in [4.78, 5) is 58.5. The molecular weight excluding hydrogens is 693 g/mol. The average Bonchev–Trinajstić information content (AvgIpc) is 3.20. The van der Waals surface area contributed by atoms with E-state index < -0.39 is 104 Å². The number of carbonyl (C=O) groups is 3. The Morgan fingerprint density at radius 2 is 1.77 bits per heavy atom. The predicted octanol–water partition coefficient (Wildman–Crippen LogP) is 4.97. The van der Waals surface area contributed by atoms with E-state index in [1.807, 2.05) is 0 Å². The summed E-state index contributed by atoms with van der Waals surface area (Å²) < 4.78 is 96.5. The van der Waals surface area contributed by atoms with E-state index in [2.05, 4.69) is 13.4 Å². The fourth-order valence-corrected chi connectivity index (χ4v) is 11.0. The maximum atomic E-state index is 18.0. The number of allylic oxidation sites excluding steroid dienone is 3. The van der Waals surface area contributed by atoms with Crippen molar-refractivity contribution in [3.05, 3.63) is 23.5 Å². The molecule has 0 radical (unpaired) electrons. The predicted molar refractivity (Wildman–Crippen MR) is 161 cm³/mol. The molecule has 3 fully saturated rings. The van der Waals surface area contributed by atoms with Gasteiger partial charge in [-0.2, -0.15) is 4.31 Å². The third-order valence-electron chi connectivity index (χ3n) is 10.4. The Bertz CT molecular complexity index is 1450. The number of thioether (sulfide) groups is 1. The first-order chi connectivity index (χ1) is 21.8. The van der Waals surface area contributed by atoms with Crippen molar-refractivity contribution in [2.24, 2.45) is 34.3 Å². The fraction of sp³-hybridized carbons (Fsp3) is 0.750. The first-order valence-electron chi connectivity index (χ1n) is 15.0. The number of esters is 1. The summed E-state index contributed by atoms with van der Waals surface area (Å²) in [6, 6.07) is -1.07. The van der Waals surface area contributed by atoms with Crippen molar-refractivity contribution in [3.8, 4) is 0 Å². The van der Waals surface area contributed by atoms with E-state index in [0.717, 1.165) is 12.2 Å². The number of halogens is 3. The van der Waals surface area contributed by atoms with Crippen LogP contribution >= 0.6 is 27.4 Å². The molecule has 0 aromatic heterocycles. The van der Waals surface area contributed by atoms with Gasteiger partial charge in [0.2, 0.25) is 5.12 Å². The van der Waals surface area contributed by atoms with E-state index in [1.54, 1.807) is 20.8 Å². The van der Waals surface area contributed by atoms with E-state index >= 15 is 8.78 Å². The third-order valence-corrected chi connectivity index (χ3v) is 13.6. The molecule has 266 valence electrons. The lowest BCUT2D eigenvalue weighted by Crippen LogP contribution is -2.66. The highest BCUT2D eigenvalue weighted by Gasteiger charge is 2.77. The molecule has 0 aromatic carbocycles. The minimum Gasteiger partial charge on any atom is -0.470 e. The third kappa shape index (κ3) is 6.45. The molecule has 10 unspecified atom stereocenters. The molecule has 0 bridgehead atoms. The van der Waals surface area contributed by atoms with Crippen molar-refractivity contribution >= 4 is 44.3 Å². The lowest BCUT2D eigenvalue weighted by Gasteiger charge is -2.62. The second-order valence-corrected chi connectivity index (χ2v) is 16.5. The molecule has 0 amide bonds. The van der Waals surface area contributed by atoms with Crippen molar-refractivity contribution in [1.29, 1.82) is 0 Å². The number of fused-ring (bicyclic) bond motifs is 5. The van der Waals surface area contributed by atoms with Gasteiger partial charge in [0.25, 0.3) is 0 Å². The number of phosphoric ester groups is 2. The lowest BCUT2D eigenvalue weighted by molar-refractivity contribution is -0.203. The van der Waals surface area contributed by atoms with Crippen molar-refractivity contribution in [1.82, 2.24) is 0 Å². The Hall–Kier alpha value is -1.55. The summed E-state index contributed by atoms with van der Waals surface area (Å²) in [6.07, 6.45) is -0.651. The van der Waals surface area contributed by atoms with Crippen LogP contribution in [0.2, 0.25) is 0 Å². The van der Waals surface area contributed by atoms with Crippen molar-refractivity contribution < 1.29 is 69.3 Å².